The fourth-order valence-corrected chi connectivity index (χ4v) is 2.81. The van der Waals surface area contributed by atoms with Crippen molar-refractivity contribution in [2.75, 3.05) is 0 Å². The number of benzene rings is 1. The summed E-state index contributed by atoms with van der Waals surface area (Å²) in [5, 5.41) is 0. The molecule has 1 atom stereocenters. The minimum atomic E-state index is -0.373. The Labute approximate surface area is 99.6 Å². The van der Waals surface area contributed by atoms with Gasteiger partial charge in [-0.1, -0.05) is 35.9 Å². The summed E-state index contributed by atoms with van der Waals surface area (Å²) < 4.78 is 0. The lowest BCUT2D eigenvalue weighted by molar-refractivity contribution is -0.110. The van der Waals surface area contributed by atoms with Gasteiger partial charge in [-0.2, -0.15) is 0 Å². The smallest absolute Gasteiger partial charge is 0.178 e. The fourth-order valence-electron chi connectivity index (χ4n) is 2.81. The summed E-state index contributed by atoms with van der Waals surface area (Å²) in [5.74, 6) is 0.164. The molecule has 2 heteroatoms. The quantitative estimate of drug-likeness (QED) is 0.678. The van der Waals surface area contributed by atoms with E-state index >= 15 is 0 Å². The van der Waals surface area contributed by atoms with E-state index in [2.05, 4.69) is 0 Å². The van der Waals surface area contributed by atoms with Gasteiger partial charge >= 0.3 is 0 Å². The van der Waals surface area contributed by atoms with Crippen molar-refractivity contribution in [3.8, 4) is 0 Å². The second-order valence-electron chi connectivity index (χ2n) is 4.68. The summed E-state index contributed by atoms with van der Waals surface area (Å²) in [7, 11) is 0. The van der Waals surface area contributed by atoms with Crippen molar-refractivity contribution >= 4 is 11.6 Å². The maximum Gasteiger partial charge on any atom is 0.178 e. The van der Waals surface area contributed by atoms with Crippen LogP contribution in [0.4, 0.5) is 0 Å². The zero-order valence-corrected chi connectivity index (χ0v) is 9.57. The molecule has 2 nitrogen and oxygen atoms in total. The van der Waals surface area contributed by atoms with Crippen molar-refractivity contribution in [2.24, 2.45) is 0 Å². The number of carbonyl (C=O) groups excluding carboxylic acids is 2. The predicted molar refractivity (Wildman–Crippen MR) is 65.0 cm³/mol. The number of hydrogen-bond donors (Lipinski definition) is 0. The second kappa shape index (κ2) is 3.27. The molecule has 2 aliphatic rings. The monoisotopic (exact) mass is 224 g/mol. The zero-order valence-electron chi connectivity index (χ0n) is 9.57. The van der Waals surface area contributed by atoms with Gasteiger partial charge < -0.3 is 0 Å². The number of carbonyl (C=O) groups is 2. The van der Waals surface area contributed by atoms with E-state index in [1.807, 2.05) is 37.3 Å². The van der Waals surface area contributed by atoms with Crippen molar-refractivity contribution in [2.45, 2.75) is 18.8 Å². The van der Waals surface area contributed by atoms with Gasteiger partial charge in [0.1, 0.15) is 0 Å². The lowest BCUT2D eigenvalue weighted by Gasteiger charge is -2.29. The number of allylic oxidation sites excluding steroid dienone is 4. The highest BCUT2D eigenvalue weighted by molar-refractivity contribution is 6.07. The third kappa shape index (κ3) is 1.27. The topological polar surface area (TPSA) is 34.1 Å². The van der Waals surface area contributed by atoms with Gasteiger partial charge in [-0.3, -0.25) is 9.59 Å². The molecule has 1 spiro atoms. The van der Waals surface area contributed by atoms with Gasteiger partial charge in [-0.25, -0.2) is 0 Å². The van der Waals surface area contributed by atoms with Crippen LogP contribution in [-0.4, -0.2) is 11.6 Å². The number of ketones is 2. The molecule has 17 heavy (non-hydrogen) atoms. The van der Waals surface area contributed by atoms with Gasteiger partial charge in [0, 0.05) is 17.4 Å². The zero-order chi connectivity index (χ0) is 12.0. The molecule has 1 aromatic carbocycles. The predicted octanol–water partition coefficient (Wildman–Crippen LogP) is 2.60. The van der Waals surface area contributed by atoms with E-state index in [1.54, 1.807) is 12.2 Å². The Morgan fingerprint density at radius 3 is 2.71 bits per heavy atom. The molecule has 0 bridgehead atoms. The maximum absolute atomic E-state index is 12.0. The minimum absolute atomic E-state index is 0.00459. The summed E-state index contributed by atoms with van der Waals surface area (Å²) in [6.45, 7) is 1.93. The molecule has 0 N–H and O–H groups in total. The highest BCUT2D eigenvalue weighted by atomic mass is 16.1. The molecule has 0 aromatic heterocycles. The third-order valence-electron chi connectivity index (χ3n) is 3.74. The van der Waals surface area contributed by atoms with Gasteiger partial charge in [0.25, 0.3) is 0 Å². The summed E-state index contributed by atoms with van der Waals surface area (Å²) in [6, 6.07) is 7.67. The standard InChI is InChI=1S/C15H12O2/c1-10-8-11(16)6-7-15(10)9-14(17)12-4-2-3-5-13(12)15/h2-8H,9H2,1H3. The molecule has 0 saturated heterocycles. The van der Waals surface area contributed by atoms with E-state index < -0.39 is 0 Å². The highest BCUT2D eigenvalue weighted by Crippen LogP contribution is 2.46. The van der Waals surface area contributed by atoms with Crippen molar-refractivity contribution in [3.05, 3.63) is 59.2 Å². The second-order valence-corrected chi connectivity index (χ2v) is 4.68. The molecule has 84 valence electrons. The lowest BCUT2D eigenvalue weighted by Crippen LogP contribution is -2.25. The molecule has 3 rings (SSSR count). The Hall–Kier alpha value is -1.96. The summed E-state index contributed by atoms with van der Waals surface area (Å²) >= 11 is 0. The van der Waals surface area contributed by atoms with E-state index in [4.69, 9.17) is 0 Å². The van der Waals surface area contributed by atoms with Gasteiger partial charge in [-0.15, -0.1) is 0 Å². The first-order chi connectivity index (χ1) is 8.13. The highest BCUT2D eigenvalue weighted by Gasteiger charge is 2.43. The van der Waals surface area contributed by atoms with E-state index in [0.29, 0.717) is 6.42 Å². The number of Topliss-reactive ketones (excluding diaryl/α,β-unsaturated/α-hetero) is 1. The molecule has 0 saturated carbocycles. The van der Waals surface area contributed by atoms with E-state index in [1.165, 1.54) is 0 Å². The molecule has 1 aromatic rings. The minimum Gasteiger partial charge on any atom is -0.294 e. The Balaban J connectivity index is 2.25. The van der Waals surface area contributed by atoms with E-state index in [0.717, 1.165) is 16.7 Å². The lowest BCUT2D eigenvalue weighted by atomic mass is 9.73. The molecular formula is C15H12O2. The Morgan fingerprint density at radius 1 is 1.18 bits per heavy atom. The van der Waals surface area contributed by atoms with Crippen LogP contribution in [0, 0.1) is 0 Å². The van der Waals surface area contributed by atoms with Crippen LogP contribution >= 0.6 is 0 Å². The average molecular weight is 224 g/mol. The summed E-state index contributed by atoms with van der Waals surface area (Å²) in [4.78, 5) is 23.4. The largest absolute Gasteiger partial charge is 0.294 e. The van der Waals surface area contributed by atoms with Crippen LogP contribution in [0.3, 0.4) is 0 Å². The molecular weight excluding hydrogens is 212 g/mol. The number of fused-ring (bicyclic) bond motifs is 2. The normalized spacial score (nSPS) is 26.3. The molecule has 2 aliphatic carbocycles. The van der Waals surface area contributed by atoms with E-state index in [-0.39, 0.29) is 17.0 Å². The van der Waals surface area contributed by atoms with Crippen molar-refractivity contribution in [1.29, 1.82) is 0 Å². The number of rotatable bonds is 0. The maximum atomic E-state index is 12.0. The van der Waals surface area contributed by atoms with Crippen LogP contribution in [0.15, 0.2) is 48.1 Å². The fraction of sp³-hybridized carbons (Fsp3) is 0.200. The van der Waals surface area contributed by atoms with Crippen LogP contribution in [0.2, 0.25) is 0 Å². The summed E-state index contributed by atoms with van der Waals surface area (Å²) in [6.07, 6.45) is 5.53. The first-order valence-electron chi connectivity index (χ1n) is 5.68. The summed E-state index contributed by atoms with van der Waals surface area (Å²) in [5.41, 5.74) is 2.41. The first-order valence-corrected chi connectivity index (χ1v) is 5.68. The molecule has 0 radical (unpaired) electrons. The van der Waals surface area contributed by atoms with Crippen molar-refractivity contribution < 1.29 is 9.59 Å². The molecule has 0 aliphatic heterocycles. The van der Waals surface area contributed by atoms with Crippen LogP contribution in [0.5, 0.6) is 0 Å². The Bertz CT molecular complexity index is 593. The van der Waals surface area contributed by atoms with Gasteiger partial charge in [0.2, 0.25) is 0 Å². The van der Waals surface area contributed by atoms with Crippen molar-refractivity contribution in [1.82, 2.24) is 0 Å². The van der Waals surface area contributed by atoms with Gasteiger partial charge in [0.05, 0.1) is 0 Å². The first kappa shape index (κ1) is 10.2. The average Bonchev–Trinajstić information content (AvgIpc) is 2.60. The molecule has 1 unspecified atom stereocenters. The Morgan fingerprint density at radius 2 is 1.94 bits per heavy atom. The van der Waals surface area contributed by atoms with Gasteiger partial charge in [0.15, 0.2) is 11.6 Å². The third-order valence-corrected chi connectivity index (χ3v) is 3.74. The van der Waals surface area contributed by atoms with Crippen LogP contribution in [0.25, 0.3) is 0 Å². The van der Waals surface area contributed by atoms with Crippen molar-refractivity contribution in [3.63, 3.8) is 0 Å². The molecule has 0 amide bonds. The molecule has 0 heterocycles. The number of hydrogen-bond acceptors (Lipinski definition) is 2. The SMILES string of the molecule is CC1=CC(=O)C=CC12CC(=O)c1ccccc12. The van der Waals surface area contributed by atoms with Gasteiger partial charge in [-0.05, 0) is 24.6 Å². The Kier molecular flexibility index (Phi) is 1.96. The van der Waals surface area contributed by atoms with E-state index in [9.17, 15) is 9.59 Å². The van der Waals surface area contributed by atoms with Crippen LogP contribution in [0.1, 0.15) is 29.3 Å². The van der Waals surface area contributed by atoms with Crippen LogP contribution < -0.4 is 0 Å². The molecule has 0 fully saturated rings. The van der Waals surface area contributed by atoms with Crippen LogP contribution in [-0.2, 0) is 10.2 Å².